The van der Waals surface area contributed by atoms with Crippen molar-refractivity contribution in [3.63, 3.8) is 0 Å². The average molecular weight is 1310 g/mol. The van der Waals surface area contributed by atoms with Gasteiger partial charge in [-0.15, -0.1) is 0 Å². The summed E-state index contributed by atoms with van der Waals surface area (Å²) in [4.78, 5) is 26.7. The quantitative estimate of drug-likeness (QED) is 0.0441. The van der Waals surface area contributed by atoms with Crippen LogP contribution in [-0.4, -0.2) is 226 Å². The van der Waals surface area contributed by atoms with E-state index in [9.17, 15) is 14.7 Å². The smallest absolute Gasteiger partial charge is 0.303 e. The van der Waals surface area contributed by atoms with Crippen LogP contribution in [0.5, 0.6) is 0 Å². The van der Waals surface area contributed by atoms with Gasteiger partial charge >= 0.3 is 11.9 Å². The van der Waals surface area contributed by atoms with Crippen LogP contribution in [0.15, 0.2) is 0 Å². The maximum atomic E-state index is 13.5. The molecule has 0 amide bonds. The van der Waals surface area contributed by atoms with Crippen molar-refractivity contribution >= 4 is 11.9 Å². The second kappa shape index (κ2) is 48.8. The van der Waals surface area contributed by atoms with Crippen LogP contribution >= 0.6 is 0 Å². The Labute approximate surface area is 548 Å². The summed E-state index contributed by atoms with van der Waals surface area (Å²) in [5.74, 6) is -1.51. The van der Waals surface area contributed by atoms with Crippen molar-refractivity contribution in [2.75, 3.05) is 92.5 Å². The molecule has 4 aliphatic rings. The Morgan fingerprint density at radius 3 is 1.03 bits per heavy atom. The molecule has 4 saturated heterocycles. The van der Waals surface area contributed by atoms with Gasteiger partial charge in [-0.25, -0.2) is 0 Å². The SMILES string of the molecule is CCCCOCC1O[C@H](OCC2O[C@@H](O[C@@H]3C(COCCCC)O[C@@H](OCCCC)[C@@H](C)C3OCCCC)[C@H](OCCCC)C(O[C@@H]3OC(COCCCC)[C@H](OCCCC)C(OCCCC)[C@@H]3OC(C)=O)[C@@H]2O)[C@H](OC(C)=O)C(OCCCC)[C@@H]1OCCCC. The zero-order valence-corrected chi connectivity index (χ0v) is 58.6. The van der Waals surface area contributed by atoms with E-state index in [2.05, 4.69) is 69.2 Å². The number of aliphatic hydroxyl groups excluding tert-OH is 1. The maximum Gasteiger partial charge on any atom is 0.303 e. The van der Waals surface area contributed by atoms with Gasteiger partial charge in [0.25, 0.3) is 0 Å². The standard InChI is InChI=1S/C69H128O22/c1-14-24-34-73-44-52-57(77-38-28-18-5)61(79-40-30-20-7)64(84-49(12)70)67(88-52)83-47-51-55(72)60(91-69-65(85-50(13)71)62(80-41-31-21-8)58(78-39-29-19-6)53(89-69)45-74-35-25-15-2)63(81-42-32-22-9)68(86-51)90-59-54(46-75-36-26-16-3)87-66(82-43-33-23-10)48(11)56(59)76-37-27-17-4/h48,51-69,72H,14-47H2,1-13H3/t48-,51?,52?,53?,54?,55+,56?,57+,58-,59+,60?,61?,62?,63+,64+,65-,66+,67-,68-,69-/m0/s1. The molecule has 4 fully saturated rings. The van der Waals surface area contributed by atoms with Crippen LogP contribution in [0.3, 0.4) is 0 Å². The molecule has 91 heavy (non-hydrogen) atoms. The van der Waals surface area contributed by atoms with Crippen molar-refractivity contribution in [3.05, 3.63) is 0 Å². The van der Waals surface area contributed by atoms with Gasteiger partial charge in [0.05, 0.1) is 32.5 Å². The van der Waals surface area contributed by atoms with E-state index in [0.717, 1.165) is 122 Å². The Kier molecular flexibility index (Phi) is 43.8. The van der Waals surface area contributed by atoms with E-state index in [1.165, 1.54) is 13.8 Å². The molecule has 0 saturated carbocycles. The lowest BCUT2D eigenvalue weighted by Crippen LogP contribution is -2.68. The lowest BCUT2D eigenvalue weighted by Gasteiger charge is -2.51. The molecule has 0 aliphatic carbocycles. The highest BCUT2D eigenvalue weighted by Crippen LogP contribution is 2.39. The van der Waals surface area contributed by atoms with Crippen molar-refractivity contribution < 1.29 is 105 Å². The van der Waals surface area contributed by atoms with E-state index in [-0.39, 0.29) is 39.0 Å². The molecule has 0 bridgehead atoms. The predicted molar refractivity (Wildman–Crippen MR) is 343 cm³/mol. The summed E-state index contributed by atoms with van der Waals surface area (Å²) in [6.07, 6.45) is -2.54. The minimum absolute atomic E-state index is 0.110. The number of carbonyl (C=O) groups excluding carboxylic acids is 2. The second-order valence-electron chi connectivity index (χ2n) is 24.8. The van der Waals surface area contributed by atoms with Crippen molar-refractivity contribution in [3.8, 4) is 0 Å². The number of esters is 2. The van der Waals surface area contributed by atoms with Crippen LogP contribution in [0.4, 0.5) is 0 Å². The molecule has 8 unspecified atom stereocenters. The number of hydrogen-bond acceptors (Lipinski definition) is 22. The number of unbranched alkanes of at least 4 members (excludes halogenated alkanes) is 10. The molecule has 0 aromatic carbocycles. The lowest BCUT2D eigenvalue weighted by molar-refractivity contribution is -0.390. The molecule has 4 aliphatic heterocycles. The minimum Gasteiger partial charge on any atom is -0.454 e. The topological polar surface area (TPSA) is 230 Å². The maximum absolute atomic E-state index is 13.5. The number of ether oxygens (including phenoxy) is 19. The first-order valence-electron chi connectivity index (χ1n) is 35.9. The fourth-order valence-corrected chi connectivity index (χ4v) is 11.3. The summed E-state index contributed by atoms with van der Waals surface area (Å²) < 4.78 is 128. The molecule has 0 spiro atoms. The first kappa shape index (κ1) is 81.6. The molecule has 0 radical (unpaired) electrons. The van der Waals surface area contributed by atoms with Crippen molar-refractivity contribution in [1.29, 1.82) is 0 Å². The number of aliphatic hydroxyl groups is 1. The average Bonchev–Trinajstić information content (AvgIpc) is 1.58. The number of hydrogen-bond donors (Lipinski definition) is 1. The second-order valence-corrected chi connectivity index (χ2v) is 24.8. The fraction of sp³-hybridized carbons (Fsp3) is 0.971. The van der Waals surface area contributed by atoms with Crippen molar-refractivity contribution in [1.82, 2.24) is 0 Å². The van der Waals surface area contributed by atoms with Gasteiger partial charge in [-0.05, 0) is 64.2 Å². The monoisotopic (exact) mass is 1310 g/mol. The van der Waals surface area contributed by atoms with Gasteiger partial charge in [0.2, 0.25) is 0 Å². The van der Waals surface area contributed by atoms with E-state index in [1.807, 2.05) is 6.92 Å². The molecule has 4 rings (SSSR count). The van der Waals surface area contributed by atoms with Gasteiger partial charge in [-0.3, -0.25) is 9.59 Å². The molecule has 536 valence electrons. The predicted octanol–water partition coefficient (Wildman–Crippen LogP) is 10.9. The Bertz CT molecular complexity index is 1810. The normalized spacial score (nSPS) is 32.1. The fourth-order valence-electron chi connectivity index (χ4n) is 11.3. The van der Waals surface area contributed by atoms with E-state index in [0.29, 0.717) is 65.9 Å². The summed E-state index contributed by atoms with van der Waals surface area (Å²) in [7, 11) is 0. The Balaban J connectivity index is 1.97. The molecule has 22 nitrogen and oxygen atoms in total. The Hall–Kier alpha value is -1.78. The molecule has 0 aromatic heterocycles. The third-order valence-electron chi connectivity index (χ3n) is 16.8. The van der Waals surface area contributed by atoms with Gasteiger partial charge in [0.15, 0.2) is 37.4 Å². The van der Waals surface area contributed by atoms with Crippen LogP contribution in [0, 0.1) is 5.92 Å². The lowest BCUT2D eigenvalue weighted by atomic mass is 9.91. The minimum atomic E-state index is -1.57. The van der Waals surface area contributed by atoms with E-state index in [4.69, 9.17) is 90.0 Å². The van der Waals surface area contributed by atoms with Gasteiger partial charge in [0, 0.05) is 85.8 Å². The largest absolute Gasteiger partial charge is 0.454 e. The summed E-state index contributed by atoms with van der Waals surface area (Å²) in [6.45, 7) is 29.8. The summed E-state index contributed by atoms with van der Waals surface area (Å²) >= 11 is 0. The van der Waals surface area contributed by atoms with Gasteiger partial charge < -0.3 is 95.1 Å². The summed E-state index contributed by atoms with van der Waals surface area (Å²) in [6, 6.07) is 0. The summed E-state index contributed by atoms with van der Waals surface area (Å²) in [5, 5.41) is 13.3. The highest BCUT2D eigenvalue weighted by molar-refractivity contribution is 5.66. The molecule has 0 aromatic rings. The molecule has 22 heteroatoms. The molecular weight excluding hydrogens is 1180 g/mol. The third kappa shape index (κ3) is 28.3. The zero-order chi connectivity index (χ0) is 66.2. The van der Waals surface area contributed by atoms with Crippen LogP contribution in [0.25, 0.3) is 0 Å². The third-order valence-corrected chi connectivity index (χ3v) is 16.8. The van der Waals surface area contributed by atoms with Crippen LogP contribution in [0.2, 0.25) is 0 Å². The van der Waals surface area contributed by atoms with Crippen LogP contribution in [0.1, 0.15) is 218 Å². The first-order chi connectivity index (χ1) is 44.3. The van der Waals surface area contributed by atoms with Crippen LogP contribution in [-0.2, 0) is 99.6 Å². The number of carbonyl (C=O) groups is 2. The Morgan fingerprint density at radius 2 is 0.615 bits per heavy atom. The van der Waals surface area contributed by atoms with E-state index in [1.54, 1.807) is 0 Å². The van der Waals surface area contributed by atoms with Gasteiger partial charge in [0.1, 0.15) is 73.2 Å². The van der Waals surface area contributed by atoms with Crippen molar-refractivity contribution in [2.45, 2.75) is 335 Å². The molecular formula is C69H128O22. The summed E-state index contributed by atoms with van der Waals surface area (Å²) in [5.41, 5.74) is 0. The van der Waals surface area contributed by atoms with E-state index >= 15 is 0 Å². The highest BCUT2D eigenvalue weighted by Gasteiger charge is 2.58. The van der Waals surface area contributed by atoms with Crippen molar-refractivity contribution in [2.24, 2.45) is 5.92 Å². The Morgan fingerprint density at radius 1 is 0.308 bits per heavy atom. The highest BCUT2D eigenvalue weighted by atomic mass is 16.8. The number of rotatable bonds is 52. The zero-order valence-electron chi connectivity index (χ0n) is 58.6. The van der Waals surface area contributed by atoms with Gasteiger partial charge in [-0.1, -0.05) is 140 Å². The first-order valence-corrected chi connectivity index (χ1v) is 35.9. The van der Waals surface area contributed by atoms with Gasteiger partial charge in [-0.2, -0.15) is 0 Å². The molecule has 1 N–H and O–H groups in total. The molecule has 4 heterocycles. The van der Waals surface area contributed by atoms with E-state index < -0.39 is 129 Å². The van der Waals surface area contributed by atoms with Crippen LogP contribution < -0.4 is 0 Å². The molecule has 20 atom stereocenters.